The first-order valence-electron chi connectivity index (χ1n) is 7.44. The molecule has 1 N–H and O–H groups in total. The van der Waals surface area contributed by atoms with E-state index in [-0.39, 0.29) is 6.42 Å². The number of rotatable bonds is 5. The number of fused-ring (bicyclic) bond motifs is 1. The average molecular weight is 318 g/mol. The highest BCUT2D eigenvalue weighted by molar-refractivity contribution is 5.83. The molecule has 0 saturated carbocycles. The van der Waals surface area contributed by atoms with Gasteiger partial charge in [-0.25, -0.2) is 4.98 Å². The van der Waals surface area contributed by atoms with Crippen molar-refractivity contribution < 1.29 is 14.3 Å². The zero-order valence-corrected chi connectivity index (χ0v) is 12.8. The van der Waals surface area contributed by atoms with E-state index < -0.39 is 5.97 Å². The minimum absolute atomic E-state index is 0.0131. The van der Waals surface area contributed by atoms with Gasteiger partial charge in [-0.05, 0) is 42.3 Å². The second kappa shape index (κ2) is 6.80. The predicted octanol–water partition coefficient (Wildman–Crippen LogP) is 4.10. The van der Waals surface area contributed by atoms with Crippen molar-refractivity contribution in [1.29, 1.82) is 5.26 Å². The maximum Gasteiger partial charge on any atom is 0.303 e. The van der Waals surface area contributed by atoms with Gasteiger partial charge in [0.05, 0.1) is 11.6 Å². The maximum atomic E-state index is 10.9. The topological polar surface area (TPSA) is 87.1 Å². The van der Waals surface area contributed by atoms with Gasteiger partial charge in [0, 0.05) is 12.0 Å². The number of nitriles is 1. The molecule has 3 rings (SSSR count). The van der Waals surface area contributed by atoms with E-state index in [0.717, 1.165) is 11.1 Å². The number of oxazole rings is 1. The van der Waals surface area contributed by atoms with Crippen molar-refractivity contribution in [1.82, 2.24) is 4.98 Å². The van der Waals surface area contributed by atoms with E-state index in [1.165, 1.54) is 0 Å². The minimum atomic E-state index is -0.878. The number of aliphatic carboxylic acids is 1. The molecule has 118 valence electrons. The smallest absolute Gasteiger partial charge is 0.303 e. The SMILES string of the molecule is N#Cc1ccc(C=C(CCC(=O)O)c2nc3ccccc3o2)cc1. The van der Waals surface area contributed by atoms with Crippen molar-refractivity contribution in [3.05, 3.63) is 65.5 Å². The Bertz CT molecular complexity index is 914. The summed E-state index contributed by atoms with van der Waals surface area (Å²) in [6.07, 6.45) is 2.14. The monoisotopic (exact) mass is 318 g/mol. The van der Waals surface area contributed by atoms with Crippen molar-refractivity contribution in [3.63, 3.8) is 0 Å². The Kier molecular flexibility index (Phi) is 4.39. The van der Waals surface area contributed by atoms with Crippen LogP contribution in [0.15, 0.2) is 52.9 Å². The summed E-state index contributed by atoms with van der Waals surface area (Å²) in [6.45, 7) is 0. The predicted molar refractivity (Wildman–Crippen MR) is 89.9 cm³/mol. The molecular weight excluding hydrogens is 304 g/mol. The van der Waals surface area contributed by atoms with Crippen molar-refractivity contribution >= 4 is 28.7 Å². The van der Waals surface area contributed by atoms with Gasteiger partial charge in [-0.15, -0.1) is 0 Å². The Morgan fingerprint density at radius 2 is 1.92 bits per heavy atom. The van der Waals surface area contributed by atoms with Gasteiger partial charge in [-0.3, -0.25) is 4.79 Å². The molecule has 2 aromatic carbocycles. The van der Waals surface area contributed by atoms with Crippen LogP contribution in [0.3, 0.4) is 0 Å². The van der Waals surface area contributed by atoms with Crippen LogP contribution < -0.4 is 0 Å². The molecule has 0 radical (unpaired) electrons. The molecule has 1 aromatic heterocycles. The van der Waals surface area contributed by atoms with Gasteiger partial charge in [0.1, 0.15) is 5.52 Å². The third kappa shape index (κ3) is 3.50. The van der Waals surface area contributed by atoms with E-state index >= 15 is 0 Å². The fourth-order valence-electron chi connectivity index (χ4n) is 2.35. The highest BCUT2D eigenvalue weighted by Gasteiger charge is 2.12. The molecule has 0 aliphatic rings. The molecule has 0 aliphatic carbocycles. The number of hydrogen-bond acceptors (Lipinski definition) is 4. The van der Waals surface area contributed by atoms with Crippen LogP contribution in [0.1, 0.15) is 29.9 Å². The summed E-state index contributed by atoms with van der Waals surface area (Å²) in [5.41, 5.74) is 3.53. The Morgan fingerprint density at radius 3 is 2.58 bits per heavy atom. The van der Waals surface area contributed by atoms with E-state index in [4.69, 9.17) is 14.8 Å². The molecule has 0 aliphatic heterocycles. The third-order valence-corrected chi connectivity index (χ3v) is 3.56. The summed E-state index contributed by atoms with van der Waals surface area (Å²) in [6, 6.07) is 16.5. The van der Waals surface area contributed by atoms with Crippen molar-refractivity contribution in [2.75, 3.05) is 0 Å². The van der Waals surface area contributed by atoms with Crippen molar-refractivity contribution in [2.45, 2.75) is 12.8 Å². The number of para-hydroxylation sites is 2. The molecule has 0 amide bonds. The van der Waals surface area contributed by atoms with Gasteiger partial charge < -0.3 is 9.52 Å². The lowest BCUT2D eigenvalue weighted by Crippen LogP contribution is -1.96. The lowest BCUT2D eigenvalue weighted by molar-refractivity contribution is -0.136. The third-order valence-electron chi connectivity index (χ3n) is 3.56. The number of aromatic nitrogens is 1. The first-order chi connectivity index (χ1) is 11.7. The molecule has 0 unspecified atom stereocenters. The molecule has 3 aromatic rings. The number of allylic oxidation sites excluding steroid dienone is 1. The van der Waals surface area contributed by atoms with Crippen LogP contribution >= 0.6 is 0 Å². The second-order valence-electron chi connectivity index (χ2n) is 5.28. The number of benzene rings is 2. The Balaban J connectivity index is 1.99. The van der Waals surface area contributed by atoms with Crippen LogP contribution in [-0.4, -0.2) is 16.1 Å². The molecular formula is C19H14N2O3. The number of nitrogens with zero attached hydrogens (tertiary/aromatic N) is 2. The summed E-state index contributed by atoms with van der Waals surface area (Å²) in [4.78, 5) is 15.4. The summed E-state index contributed by atoms with van der Waals surface area (Å²) in [5, 5.41) is 17.8. The van der Waals surface area contributed by atoms with E-state index in [9.17, 15) is 4.79 Å². The quantitative estimate of drug-likeness (QED) is 0.765. The van der Waals surface area contributed by atoms with Crippen LogP contribution in [0.2, 0.25) is 0 Å². The molecule has 1 heterocycles. The van der Waals surface area contributed by atoms with Gasteiger partial charge >= 0.3 is 5.97 Å². The molecule has 5 nitrogen and oxygen atoms in total. The van der Waals surface area contributed by atoms with Crippen LogP contribution in [-0.2, 0) is 4.79 Å². The Morgan fingerprint density at radius 1 is 1.17 bits per heavy atom. The van der Waals surface area contributed by atoms with E-state index in [0.29, 0.717) is 29.0 Å². The molecule has 24 heavy (non-hydrogen) atoms. The van der Waals surface area contributed by atoms with Gasteiger partial charge in [0.2, 0.25) is 5.89 Å². The lowest BCUT2D eigenvalue weighted by Gasteiger charge is -2.02. The van der Waals surface area contributed by atoms with Crippen LogP contribution in [0, 0.1) is 11.3 Å². The molecule has 0 bridgehead atoms. The van der Waals surface area contributed by atoms with Crippen molar-refractivity contribution in [2.24, 2.45) is 0 Å². The first-order valence-corrected chi connectivity index (χ1v) is 7.44. The molecule has 0 fully saturated rings. The van der Waals surface area contributed by atoms with Gasteiger partial charge in [0.15, 0.2) is 5.58 Å². The zero-order valence-electron chi connectivity index (χ0n) is 12.8. The highest BCUT2D eigenvalue weighted by Crippen LogP contribution is 2.26. The Hall–Kier alpha value is -3.39. The Labute approximate surface area is 138 Å². The zero-order chi connectivity index (χ0) is 16.9. The number of carboxylic acid groups (broad SMARTS) is 1. The molecule has 0 saturated heterocycles. The molecule has 5 heteroatoms. The fraction of sp³-hybridized carbons (Fsp3) is 0.105. The van der Waals surface area contributed by atoms with E-state index in [1.807, 2.05) is 42.5 Å². The van der Waals surface area contributed by atoms with Crippen LogP contribution in [0.5, 0.6) is 0 Å². The van der Waals surface area contributed by atoms with Gasteiger partial charge in [-0.1, -0.05) is 24.3 Å². The first kappa shape index (κ1) is 15.5. The lowest BCUT2D eigenvalue weighted by atomic mass is 10.1. The van der Waals surface area contributed by atoms with E-state index in [1.54, 1.807) is 12.1 Å². The number of carboxylic acids is 1. The number of hydrogen-bond donors (Lipinski definition) is 1. The van der Waals surface area contributed by atoms with Gasteiger partial charge in [0.25, 0.3) is 0 Å². The normalized spacial score (nSPS) is 11.4. The summed E-state index contributed by atoms with van der Waals surface area (Å²) >= 11 is 0. The fourth-order valence-corrected chi connectivity index (χ4v) is 2.35. The van der Waals surface area contributed by atoms with E-state index in [2.05, 4.69) is 11.1 Å². The van der Waals surface area contributed by atoms with Gasteiger partial charge in [-0.2, -0.15) is 5.26 Å². The maximum absolute atomic E-state index is 10.9. The number of carbonyl (C=O) groups is 1. The summed E-state index contributed by atoms with van der Waals surface area (Å²) < 4.78 is 5.75. The van der Waals surface area contributed by atoms with Crippen LogP contribution in [0.4, 0.5) is 0 Å². The minimum Gasteiger partial charge on any atom is -0.481 e. The van der Waals surface area contributed by atoms with Crippen LogP contribution in [0.25, 0.3) is 22.7 Å². The summed E-state index contributed by atoms with van der Waals surface area (Å²) in [7, 11) is 0. The molecule has 0 atom stereocenters. The average Bonchev–Trinajstić information content (AvgIpc) is 3.03. The second-order valence-corrected chi connectivity index (χ2v) is 5.28. The van der Waals surface area contributed by atoms with Crippen molar-refractivity contribution in [3.8, 4) is 6.07 Å². The highest BCUT2D eigenvalue weighted by atomic mass is 16.4. The standard InChI is InChI=1S/C19H14N2O3/c20-12-14-7-5-13(6-8-14)11-15(9-10-18(22)23)19-21-16-3-1-2-4-17(16)24-19/h1-8,11H,9-10H2,(H,22,23). The molecule has 0 spiro atoms. The largest absolute Gasteiger partial charge is 0.481 e. The summed E-state index contributed by atoms with van der Waals surface area (Å²) in [5.74, 6) is -0.460.